The average molecular weight is 246 g/mol. The quantitative estimate of drug-likeness (QED) is 0.752. The van der Waals surface area contributed by atoms with Gasteiger partial charge in [0.25, 0.3) is 0 Å². The first-order valence-electron chi connectivity index (χ1n) is 6.26. The van der Waals surface area contributed by atoms with Crippen molar-refractivity contribution in [3.05, 3.63) is 18.3 Å². The van der Waals surface area contributed by atoms with Gasteiger partial charge in [-0.3, -0.25) is 5.10 Å². The van der Waals surface area contributed by atoms with E-state index in [4.69, 9.17) is 10.5 Å². The molecule has 0 spiro atoms. The van der Waals surface area contributed by atoms with Gasteiger partial charge in [0.1, 0.15) is 0 Å². The van der Waals surface area contributed by atoms with E-state index in [0.29, 0.717) is 0 Å². The first-order valence-corrected chi connectivity index (χ1v) is 6.26. The highest BCUT2D eigenvalue weighted by molar-refractivity contribution is 5.88. The van der Waals surface area contributed by atoms with Crippen molar-refractivity contribution >= 4 is 22.3 Å². The number of morpholine rings is 1. The topological polar surface area (TPSA) is 67.2 Å². The minimum absolute atomic E-state index is 0.227. The first kappa shape index (κ1) is 11.3. The molecule has 1 aliphatic heterocycles. The highest BCUT2D eigenvalue weighted by Crippen LogP contribution is 2.30. The summed E-state index contributed by atoms with van der Waals surface area (Å²) >= 11 is 0. The van der Waals surface area contributed by atoms with Gasteiger partial charge in [0, 0.05) is 18.5 Å². The molecule has 1 aromatic heterocycles. The van der Waals surface area contributed by atoms with Crippen LogP contribution in [0.3, 0.4) is 0 Å². The average Bonchev–Trinajstić information content (AvgIpc) is 2.73. The van der Waals surface area contributed by atoms with E-state index in [1.807, 2.05) is 6.07 Å². The lowest BCUT2D eigenvalue weighted by molar-refractivity contribution is -0.00516. The molecule has 0 aliphatic carbocycles. The Morgan fingerprint density at radius 3 is 2.78 bits per heavy atom. The lowest BCUT2D eigenvalue weighted by Gasteiger charge is -2.37. The van der Waals surface area contributed by atoms with Gasteiger partial charge >= 0.3 is 0 Å². The SMILES string of the molecule is C[C@@H]1CN(c2cc3[nH]ncc3cc2N)C[C@H](C)O1. The Labute approximate surface area is 106 Å². The van der Waals surface area contributed by atoms with E-state index in [1.54, 1.807) is 6.20 Å². The van der Waals surface area contributed by atoms with Gasteiger partial charge in [-0.15, -0.1) is 0 Å². The van der Waals surface area contributed by atoms with E-state index >= 15 is 0 Å². The fourth-order valence-corrected chi connectivity index (χ4v) is 2.65. The molecule has 3 rings (SSSR count). The van der Waals surface area contributed by atoms with Crippen LogP contribution in [0.2, 0.25) is 0 Å². The van der Waals surface area contributed by atoms with Gasteiger partial charge in [0.2, 0.25) is 0 Å². The molecule has 0 amide bonds. The molecule has 5 heteroatoms. The molecule has 2 atom stereocenters. The van der Waals surface area contributed by atoms with Crippen LogP contribution in [0.25, 0.3) is 10.9 Å². The molecular weight excluding hydrogens is 228 g/mol. The van der Waals surface area contributed by atoms with Crippen LogP contribution in [-0.2, 0) is 4.74 Å². The van der Waals surface area contributed by atoms with Gasteiger partial charge in [-0.1, -0.05) is 0 Å². The second-order valence-electron chi connectivity index (χ2n) is 5.03. The van der Waals surface area contributed by atoms with Crippen molar-refractivity contribution < 1.29 is 4.74 Å². The molecule has 2 heterocycles. The number of nitrogen functional groups attached to an aromatic ring is 1. The maximum atomic E-state index is 6.14. The number of benzene rings is 1. The summed E-state index contributed by atoms with van der Waals surface area (Å²) in [6, 6.07) is 4.04. The van der Waals surface area contributed by atoms with Crippen LogP contribution in [0.5, 0.6) is 0 Å². The summed E-state index contributed by atoms with van der Waals surface area (Å²) in [5.41, 5.74) is 9.02. The number of fused-ring (bicyclic) bond motifs is 1. The number of nitrogens with one attached hydrogen (secondary N) is 1. The number of aromatic nitrogens is 2. The molecule has 0 bridgehead atoms. The minimum Gasteiger partial charge on any atom is -0.397 e. The van der Waals surface area contributed by atoms with Crippen LogP contribution in [0.4, 0.5) is 11.4 Å². The second kappa shape index (κ2) is 4.17. The Morgan fingerprint density at radius 2 is 2.06 bits per heavy atom. The third-order valence-corrected chi connectivity index (χ3v) is 3.35. The van der Waals surface area contributed by atoms with Crippen LogP contribution in [-0.4, -0.2) is 35.5 Å². The maximum absolute atomic E-state index is 6.14. The Balaban J connectivity index is 1.99. The fourth-order valence-electron chi connectivity index (χ4n) is 2.65. The summed E-state index contributed by atoms with van der Waals surface area (Å²) < 4.78 is 5.75. The van der Waals surface area contributed by atoms with E-state index in [1.165, 1.54) is 0 Å². The second-order valence-corrected chi connectivity index (χ2v) is 5.03. The summed E-state index contributed by atoms with van der Waals surface area (Å²) in [6.07, 6.45) is 2.25. The van der Waals surface area contributed by atoms with Crippen LogP contribution in [0.15, 0.2) is 18.3 Å². The monoisotopic (exact) mass is 246 g/mol. The van der Waals surface area contributed by atoms with Crippen molar-refractivity contribution in [1.82, 2.24) is 10.2 Å². The minimum atomic E-state index is 0.227. The number of aromatic amines is 1. The third kappa shape index (κ3) is 1.90. The van der Waals surface area contributed by atoms with E-state index in [9.17, 15) is 0 Å². The largest absolute Gasteiger partial charge is 0.397 e. The van der Waals surface area contributed by atoms with Crippen molar-refractivity contribution in [3.8, 4) is 0 Å². The zero-order valence-electron chi connectivity index (χ0n) is 10.7. The van der Waals surface area contributed by atoms with Gasteiger partial charge in [-0.2, -0.15) is 5.10 Å². The van der Waals surface area contributed by atoms with Crippen LogP contribution < -0.4 is 10.6 Å². The fraction of sp³-hybridized carbons (Fsp3) is 0.462. The van der Waals surface area contributed by atoms with Crippen LogP contribution in [0.1, 0.15) is 13.8 Å². The molecule has 96 valence electrons. The molecule has 2 aromatic rings. The summed E-state index contributed by atoms with van der Waals surface area (Å²) in [5, 5.41) is 8.07. The normalized spacial score (nSPS) is 24.7. The summed E-state index contributed by atoms with van der Waals surface area (Å²) in [6.45, 7) is 5.92. The molecule has 1 aliphatic rings. The molecule has 1 fully saturated rings. The summed E-state index contributed by atoms with van der Waals surface area (Å²) in [7, 11) is 0. The zero-order valence-corrected chi connectivity index (χ0v) is 10.7. The van der Waals surface area contributed by atoms with Crippen LogP contribution in [0, 0.1) is 0 Å². The molecule has 5 nitrogen and oxygen atoms in total. The molecule has 1 aromatic carbocycles. The highest BCUT2D eigenvalue weighted by atomic mass is 16.5. The number of H-pyrrole nitrogens is 1. The summed E-state index contributed by atoms with van der Waals surface area (Å²) in [5.74, 6) is 0. The van der Waals surface area contributed by atoms with Crippen molar-refractivity contribution in [2.24, 2.45) is 0 Å². The number of anilines is 2. The molecular formula is C13H18N4O. The standard InChI is InChI=1S/C13H18N4O/c1-8-6-17(7-9(2)18-8)13-4-12-10(3-11(13)14)5-15-16-12/h3-5,8-9H,6-7,14H2,1-2H3,(H,15,16)/t8-,9+. The number of hydrogen-bond donors (Lipinski definition) is 2. The van der Waals surface area contributed by atoms with Gasteiger partial charge in [0.15, 0.2) is 0 Å². The molecule has 3 N–H and O–H groups in total. The van der Waals surface area contributed by atoms with E-state index in [2.05, 4.69) is 35.0 Å². The third-order valence-electron chi connectivity index (χ3n) is 3.35. The van der Waals surface area contributed by atoms with Crippen molar-refractivity contribution in [2.45, 2.75) is 26.1 Å². The number of nitrogens with zero attached hydrogens (tertiary/aromatic N) is 2. The Hall–Kier alpha value is -1.75. The van der Waals surface area contributed by atoms with Crippen molar-refractivity contribution in [1.29, 1.82) is 0 Å². The number of ether oxygens (including phenoxy) is 1. The van der Waals surface area contributed by atoms with Crippen molar-refractivity contribution in [3.63, 3.8) is 0 Å². The molecule has 0 unspecified atom stereocenters. The first-order chi connectivity index (χ1) is 8.63. The Morgan fingerprint density at radius 1 is 1.33 bits per heavy atom. The van der Waals surface area contributed by atoms with Crippen LogP contribution >= 0.6 is 0 Å². The van der Waals surface area contributed by atoms with Gasteiger partial charge in [-0.25, -0.2) is 0 Å². The summed E-state index contributed by atoms with van der Waals surface area (Å²) in [4.78, 5) is 2.29. The Bertz CT molecular complexity index is 555. The van der Waals surface area contributed by atoms with Crippen molar-refractivity contribution in [2.75, 3.05) is 23.7 Å². The lowest BCUT2D eigenvalue weighted by atomic mass is 10.1. The molecule has 0 saturated carbocycles. The predicted molar refractivity (Wildman–Crippen MR) is 72.7 cm³/mol. The Kier molecular flexibility index (Phi) is 2.63. The number of rotatable bonds is 1. The highest BCUT2D eigenvalue weighted by Gasteiger charge is 2.23. The zero-order chi connectivity index (χ0) is 12.7. The van der Waals surface area contributed by atoms with Gasteiger partial charge in [0.05, 0.1) is 35.3 Å². The predicted octanol–water partition coefficient (Wildman–Crippen LogP) is 1.76. The van der Waals surface area contributed by atoms with E-state index in [-0.39, 0.29) is 12.2 Å². The smallest absolute Gasteiger partial charge is 0.0726 e. The number of hydrogen-bond acceptors (Lipinski definition) is 4. The van der Waals surface area contributed by atoms with E-state index < -0.39 is 0 Å². The van der Waals surface area contributed by atoms with Gasteiger partial charge < -0.3 is 15.4 Å². The van der Waals surface area contributed by atoms with Gasteiger partial charge in [-0.05, 0) is 26.0 Å². The molecule has 0 radical (unpaired) electrons. The maximum Gasteiger partial charge on any atom is 0.0726 e. The van der Waals surface area contributed by atoms with E-state index in [0.717, 1.165) is 35.4 Å². The lowest BCUT2D eigenvalue weighted by Crippen LogP contribution is -2.45. The number of nitrogens with two attached hydrogens (primary N) is 1. The molecule has 1 saturated heterocycles. The molecule has 18 heavy (non-hydrogen) atoms.